The summed E-state index contributed by atoms with van der Waals surface area (Å²) in [4.78, 5) is 0. The van der Waals surface area contributed by atoms with Crippen molar-refractivity contribution in [3.05, 3.63) is 65.0 Å². The molecule has 0 saturated heterocycles. The second kappa shape index (κ2) is 9.35. The Kier molecular flexibility index (Phi) is 6.84. The van der Waals surface area contributed by atoms with Gasteiger partial charge in [0.2, 0.25) is 0 Å². The van der Waals surface area contributed by atoms with E-state index < -0.39 is 17.5 Å². The normalized spacial score (nSPS) is 19.6. The molecule has 1 fully saturated rings. The lowest BCUT2D eigenvalue weighted by molar-refractivity contribution is -0.185. The molecule has 2 nitrogen and oxygen atoms in total. The molecule has 3 rings (SSSR count). The molecule has 2 aromatic rings. The van der Waals surface area contributed by atoms with E-state index in [1.54, 1.807) is 6.07 Å². The Bertz CT molecular complexity index is 849. The molecule has 1 saturated carbocycles. The topological polar surface area (TPSA) is 33.0 Å². The van der Waals surface area contributed by atoms with Crippen LogP contribution in [-0.2, 0) is 12.5 Å². The average molecular weight is 401 g/mol. The molecule has 5 heteroatoms. The maximum atomic E-state index is 14.3. The maximum absolute atomic E-state index is 14.3. The summed E-state index contributed by atoms with van der Waals surface area (Å²) in [5, 5.41) is 8.71. The van der Waals surface area contributed by atoms with E-state index in [-0.39, 0.29) is 11.3 Å². The number of hydrogen-bond donors (Lipinski definition) is 0. The molecule has 1 aliphatic rings. The third kappa shape index (κ3) is 5.53. The molecule has 0 spiro atoms. The Balaban J connectivity index is 1.56. The number of ether oxygens (including phenoxy) is 1. The van der Waals surface area contributed by atoms with Crippen molar-refractivity contribution >= 4 is 0 Å². The Morgan fingerprint density at radius 1 is 1.03 bits per heavy atom. The number of nitrogens with zero attached hydrogens (tertiary/aromatic N) is 1. The zero-order valence-electron chi connectivity index (χ0n) is 16.6. The van der Waals surface area contributed by atoms with Gasteiger partial charge in [-0.2, -0.15) is 14.0 Å². The van der Waals surface area contributed by atoms with Crippen LogP contribution in [0.3, 0.4) is 0 Å². The Morgan fingerprint density at radius 3 is 2.28 bits per heavy atom. The fourth-order valence-corrected chi connectivity index (χ4v) is 4.02. The van der Waals surface area contributed by atoms with Gasteiger partial charge in [0, 0.05) is 0 Å². The summed E-state index contributed by atoms with van der Waals surface area (Å²) in [6, 6.07) is 10.9. The van der Waals surface area contributed by atoms with Crippen LogP contribution < -0.4 is 4.74 Å². The highest BCUT2D eigenvalue weighted by molar-refractivity contribution is 5.35. The van der Waals surface area contributed by atoms with Gasteiger partial charge >= 0.3 is 6.11 Å². The quantitative estimate of drug-likeness (QED) is 0.502. The third-order valence-corrected chi connectivity index (χ3v) is 5.98. The summed E-state index contributed by atoms with van der Waals surface area (Å²) in [5.74, 6) is 0.668. The summed E-state index contributed by atoms with van der Waals surface area (Å²) < 4.78 is 47.1. The van der Waals surface area contributed by atoms with Gasteiger partial charge in [0.25, 0.3) is 0 Å². The van der Waals surface area contributed by atoms with Gasteiger partial charge in [0.15, 0.2) is 0 Å². The molecule has 0 aromatic heterocycles. The highest BCUT2D eigenvalue weighted by atomic mass is 19.3. The van der Waals surface area contributed by atoms with E-state index in [0.717, 1.165) is 42.4 Å². The molecule has 0 heterocycles. The fraction of sp³-hybridized carbons (Fsp3) is 0.458. The van der Waals surface area contributed by atoms with Gasteiger partial charge < -0.3 is 4.74 Å². The average Bonchev–Trinajstić information content (AvgIpc) is 2.73. The van der Waals surface area contributed by atoms with Crippen LogP contribution in [0, 0.1) is 29.0 Å². The second-order valence-electron chi connectivity index (χ2n) is 7.90. The predicted molar refractivity (Wildman–Crippen MR) is 106 cm³/mol. The van der Waals surface area contributed by atoms with Crippen LogP contribution in [0.5, 0.6) is 5.75 Å². The lowest BCUT2D eigenvalue weighted by Gasteiger charge is -2.27. The summed E-state index contributed by atoms with van der Waals surface area (Å²) in [5.41, 5.74) is 0.195. The van der Waals surface area contributed by atoms with Crippen molar-refractivity contribution in [1.29, 1.82) is 5.26 Å². The smallest absolute Gasteiger partial charge is 0.426 e. The van der Waals surface area contributed by atoms with Gasteiger partial charge in [-0.1, -0.05) is 51.2 Å². The zero-order valence-corrected chi connectivity index (χ0v) is 16.6. The van der Waals surface area contributed by atoms with Gasteiger partial charge in [0.05, 0.1) is 11.1 Å². The van der Waals surface area contributed by atoms with Gasteiger partial charge in [-0.05, 0) is 60.6 Å². The molecule has 0 amide bonds. The number of halogens is 3. The third-order valence-electron chi connectivity index (χ3n) is 5.98. The molecule has 0 aliphatic heterocycles. The van der Waals surface area contributed by atoms with E-state index in [1.807, 2.05) is 12.1 Å². The fourth-order valence-electron chi connectivity index (χ4n) is 4.02. The molecular weight excluding hydrogens is 375 g/mol. The summed E-state index contributed by atoms with van der Waals surface area (Å²) in [6.45, 7) is 2.26. The minimum atomic E-state index is -3.69. The maximum Gasteiger partial charge on any atom is 0.426 e. The molecule has 0 unspecified atom stereocenters. The van der Waals surface area contributed by atoms with Crippen molar-refractivity contribution in [2.24, 2.45) is 11.8 Å². The predicted octanol–water partition coefficient (Wildman–Crippen LogP) is 6.97. The molecule has 0 N–H and O–H groups in total. The highest BCUT2D eigenvalue weighted by Crippen LogP contribution is 2.34. The van der Waals surface area contributed by atoms with E-state index in [9.17, 15) is 13.2 Å². The number of alkyl halides is 2. The van der Waals surface area contributed by atoms with Gasteiger partial charge in [0.1, 0.15) is 17.6 Å². The first-order chi connectivity index (χ1) is 13.9. The number of benzene rings is 2. The van der Waals surface area contributed by atoms with Crippen molar-refractivity contribution in [3.63, 3.8) is 0 Å². The number of hydrogen-bond acceptors (Lipinski definition) is 2. The van der Waals surface area contributed by atoms with Crippen LogP contribution >= 0.6 is 0 Å². The minimum Gasteiger partial charge on any atom is -0.429 e. The van der Waals surface area contributed by atoms with E-state index >= 15 is 0 Å². The van der Waals surface area contributed by atoms with E-state index in [2.05, 4.69) is 6.92 Å². The number of aryl methyl sites for hydroxylation is 1. The van der Waals surface area contributed by atoms with Crippen LogP contribution in [0.25, 0.3) is 0 Å². The Labute approximate surface area is 170 Å². The number of rotatable bonds is 7. The standard InChI is InChI=1S/C24H26F3NO/c1-2-17-3-5-18(6-4-17)7-8-19-9-13-22(14-10-19)29-24(26,27)21-12-11-20(16-28)23(25)15-21/h9-15,17-18H,2-8H2,1H3. The SMILES string of the molecule is CCC1CCC(CCc2ccc(OC(F)(F)c3ccc(C#N)c(F)c3)cc2)CC1. The zero-order chi connectivity index (χ0) is 20.9. The monoisotopic (exact) mass is 401 g/mol. The van der Waals surface area contributed by atoms with Crippen molar-refractivity contribution < 1.29 is 17.9 Å². The van der Waals surface area contributed by atoms with Crippen LogP contribution in [0.15, 0.2) is 42.5 Å². The second-order valence-corrected chi connectivity index (χ2v) is 7.90. The molecule has 0 bridgehead atoms. The molecule has 0 atom stereocenters. The summed E-state index contributed by atoms with van der Waals surface area (Å²) >= 11 is 0. The molecular formula is C24H26F3NO. The number of nitriles is 1. The van der Waals surface area contributed by atoms with Gasteiger partial charge in [-0.15, -0.1) is 0 Å². The first-order valence-electron chi connectivity index (χ1n) is 10.3. The Morgan fingerprint density at radius 2 is 1.69 bits per heavy atom. The van der Waals surface area contributed by atoms with E-state index in [1.165, 1.54) is 44.2 Å². The lowest BCUT2D eigenvalue weighted by Crippen LogP contribution is -2.22. The van der Waals surface area contributed by atoms with Crippen LogP contribution in [0.1, 0.15) is 62.1 Å². The lowest BCUT2D eigenvalue weighted by atomic mass is 9.78. The van der Waals surface area contributed by atoms with Crippen molar-refractivity contribution in [3.8, 4) is 11.8 Å². The summed E-state index contributed by atoms with van der Waals surface area (Å²) in [6.07, 6.45) is 4.84. The Hall–Kier alpha value is -2.48. The van der Waals surface area contributed by atoms with Crippen molar-refractivity contribution in [1.82, 2.24) is 0 Å². The molecule has 1 aliphatic carbocycles. The highest BCUT2D eigenvalue weighted by Gasteiger charge is 2.35. The van der Waals surface area contributed by atoms with Crippen LogP contribution in [-0.4, -0.2) is 0 Å². The van der Waals surface area contributed by atoms with E-state index in [4.69, 9.17) is 10.00 Å². The van der Waals surface area contributed by atoms with Crippen molar-refractivity contribution in [2.75, 3.05) is 0 Å². The van der Waals surface area contributed by atoms with Crippen molar-refractivity contribution in [2.45, 2.75) is 58.0 Å². The largest absolute Gasteiger partial charge is 0.429 e. The summed E-state index contributed by atoms with van der Waals surface area (Å²) in [7, 11) is 0. The molecule has 2 aromatic carbocycles. The molecule has 29 heavy (non-hydrogen) atoms. The van der Waals surface area contributed by atoms with Gasteiger partial charge in [-0.3, -0.25) is 0 Å². The first-order valence-corrected chi connectivity index (χ1v) is 10.3. The van der Waals surface area contributed by atoms with Gasteiger partial charge in [-0.25, -0.2) is 4.39 Å². The first kappa shape index (κ1) is 21.2. The minimum absolute atomic E-state index is 0.0203. The molecule has 0 radical (unpaired) electrons. The van der Waals surface area contributed by atoms with E-state index in [0.29, 0.717) is 6.07 Å². The van der Waals surface area contributed by atoms with Crippen LogP contribution in [0.4, 0.5) is 13.2 Å². The molecule has 154 valence electrons. The van der Waals surface area contributed by atoms with Crippen LogP contribution in [0.2, 0.25) is 0 Å².